The molecule has 0 aliphatic heterocycles. The summed E-state index contributed by atoms with van der Waals surface area (Å²) >= 11 is 0. The number of aromatic hydroxyl groups is 1. The Morgan fingerprint density at radius 3 is 2.35 bits per heavy atom. The van der Waals surface area contributed by atoms with E-state index in [1.54, 1.807) is 20.8 Å². The molecule has 2 rings (SSSR count). The topological polar surface area (TPSA) is 113 Å². The smallest absolute Gasteiger partial charge is 0.412 e. The summed E-state index contributed by atoms with van der Waals surface area (Å²) in [4.78, 5) is 34.6. The summed E-state index contributed by atoms with van der Waals surface area (Å²) in [7, 11) is 0. The van der Waals surface area contributed by atoms with E-state index < -0.39 is 23.1 Å². The zero-order chi connectivity index (χ0) is 17.4. The van der Waals surface area contributed by atoms with E-state index in [2.05, 4.69) is 5.32 Å². The minimum Gasteiger partial charge on any atom is -0.508 e. The van der Waals surface area contributed by atoms with Crippen LogP contribution < -0.4 is 5.32 Å². The minimum absolute atomic E-state index is 0.109. The number of ether oxygens (including phenoxy) is 1. The van der Waals surface area contributed by atoms with Crippen molar-refractivity contribution in [2.24, 2.45) is 0 Å². The number of hydrogen-bond donors (Lipinski definition) is 3. The summed E-state index contributed by atoms with van der Waals surface area (Å²) in [5.74, 6) is -1.59. The lowest BCUT2D eigenvalue weighted by Gasteiger charge is -2.37. The molecule has 1 aromatic carbocycles. The van der Waals surface area contributed by atoms with Crippen LogP contribution in [-0.2, 0) is 19.7 Å². The van der Waals surface area contributed by atoms with Gasteiger partial charge in [-0.1, -0.05) is 0 Å². The summed E-state index contributed by atoms with van der Waals surface area (Å²) < 4.78 is 5.12. The molecule has 0 spiro atoms. The molecule has 0 saturated heterocycles. The number of phenolic OH excluding ortho intramolecular Hbond substituents is 1. The van der Waals surface area contributed by atoms with Gasteiger partial charge in [0.15, 0.2) is 0 Å². The molecule has 0 unspecified atom stereocenters. The maximum Gasteiger partial charge on any atom is 0.412 e. The summed E-state index contributed by atoms with van der Waals surface area (Å²) in [6.07, 6.45) is -1.04. The molecule has 7 heteroatoms. The van der Waals surface area contributed by atoms with Crippen molar-refractivity contribution in [3.05, 3.63) is 23.8 Å². The van der Waals surface area contributed by atoms with Crippen LogP contribution in [0, 0.1) is 0 Å². The first-order valence-electron chi connectivity index (χ1n) is 7.12. The highest BCUT2D eigenvalue weighted by molar-refractivity contribution is 6.02. The molecule has 1 saturated carbocycles. The van der Waals surface area contributed by atoms with Gasteiger partial charge in [0.05, 0.1) is 0 Å². The highest BCUT2D eigenvalue weighted by Crippen LogP contribution is 2.46. The van der Waals surface area contributed by atoms with E-state index in [9.17, 15) is 24.6 Å². The van der Waals surface area contributed by atoms with Gasteiger partial charge in [-0.3, -0.25) is 14.9 Å². The molecular formula is C16H19NO6. The number of carbonyl (C=O) groups is 3. The molecule has 0 heterocycles. The van der Waals surface area contributed by atoms with Gasteiger partial charge in [0.1, 0.15) is 22.5 Å². The molecule has 1 amide bonds. The average Bonchev–Trinajstić information content (AvgIpc) is 2.34. The third-order valence-electron chi connectivity index (χ3n) is 3.56. The van der Waals surface area contributed by atoms with Crippen LogP contribution in [0.25, 0.3) is 0 Å². The fourth-order valence-electron chi connectivity index (χ4n) is 2.50. The first kappa shape index (κ1) is 16.8. The average molecular weight is 321 g/mol. The van der Waals surface area contributed by atoms with Crippen molar-refractivity contribution in [2.75, 3.05) is 5.32 Å². The first-order valence-corrected chi connectivity index (χ1v) is 7.12. The van der Waals surface area contributed by atoms with Crippen molar-refractivity contribution in [1.82, 2.24) is 0 Å². The Bertz CT molecular complexity index is 666. The van der Waals surface area contributed by atoms with Gasteiger partial charge in [0.25, 0.3) is 0 Å². The van der Waals surface area contributed by atoms with E-state index >= 15 is 0 Å². The van der Waals surface area contributed by atoms with Crippen LogP contribution in [0.5, 0.6) is 5.75 Å². The second-order valence-electron chi connectivity index (χ2n) is 6.64. The van der Waals surface area contributed by atoms with Gasteiger partial charge < -0.3 is 14.9 Å². The quantitative estimate of drug-likeness (QED) is 0.737. The van der Waals surface area contributed by atoms with E-state index in [0.29, 0.717) is 0 Å². The van der Waals surface area contributed by atoms with E-state index in [1.165, 1.54) is 18.2 Å². The van der Waals surface area contributed by atoms with E-state index in [0.717, 1.165) is 0 Å². The second-order valence-corrected chi connectivity index (χ2v) is 6.64. The maximum absolute atomic E-state index is 11.8. The molecule has 1 aromatic rings. The van der Waals surface area contributed by atoms with Gasteiger partial charge >= 0.3 is 12.1 Å². The van der Waals surface area contributed by atoms with E-state index in [-0.39, 0.29) is 35.6 Å². The number of Topliss-reactive ketones (excluding diaryl/α,β-unsaturated/α-hetero) is 1. The van der Waals surface area contributed by atoms with Crippen LogP contribution in [0.4, 0.5) is 10.5 Å². The SMILES string of the molecule is CC(C)(C)OC(=O)Nc1ccc(O)c(C2(C(=O)O)CC(=O)C2)c1. The molecule has 7 nitrogen and oxygen atoms in total. The number of ketones is 1. The summed E-state index contributed by atoms with van der Waals surface area (Å²) in [5, 5.41) is 21.9. The van der Waals surface area contributed by atoms with Crippen molar-refractivity contribution >= 4 is 23.5 Å². The van der Waals surface area contributed by atoms with Crippen LogP contribution in [0.15, 0.2) is 18.2 Å². The third kappa shape index (κ3) is 3.44. The molecule has 23 heavy (non-hydrogen) atoms. The lowest BCUT2D eigenvalue weighted by atomic mass is 9.63. The minimum atomic E-state index is -1.44. The Balaban J connectivity index is 2.28. The number of rotatable bonds is 3. The van der Waals surface area contributed by atoms with Crippen LogP contribution in [0.1, 0.15) is 39.2 Å². The number of phenols is 1. The number of aliphatic carboxylic acids is 1. The molecule has 1 aliphatic carbocycles. The van der Waals surface area contributed by atoms with Crippen molar-refractivity contribution in [3.8, 4) is 5.75 Å². The Hall–Kier alpha value is -2.57. The highest BCUT2D eigenvalue weighted by atomic mass is 16.6. The van der Waals surface area contributed by atoms with Gasteiger partial charge in [0, 0.05) is 24.1 Å². The Morgan fingerprint density at radius 1 is 1.26 bits per heavy atom. The standard InChI is InChI=1S/C16H19NO6/c1-15(2,3)23-14(22)17-9-4-5-12(19)11(6-9)16(13(20)21)7-10(18)8-16/h4-6,19H,7-8H2,1-3H3,(H,17,22)(H,20,21). The molecule has 1 fully saturated rings. The molecular weight excluding hydrogens is 302 g/mol. The molecule has 0 aromatic heterocycles. The van der Waals surface area contributed by atoms with Gasteiger partial charge in [-0.15, -0.1) is 0 Å². The fourth-order valence-corrected chi connectivity index (χ4v) is 2.50. The van der Waals surface area contributed by atoms with Gasteiger partial charge in [0.2, 0.25) is 0 Å². The summed E-state index contributed by atoms with van der Waals surface area (Å²) in [6, 6.07) is 4.08. The number of benzene rings is 1. The maximum atomic E-state index is 11.8. The number of amides is 1. The predicted molar refractivity (Wildman–Crippen MR) is 81.5 cm³/mol. The van der Waals surface area contributed by atoms with Crippen LogP contribution in [0.2, 0.25) is 0 Å². The van der Waals surface area contributed by atoms with Gasteiger partial charge in [-0.2, -0.15) is 0 Å². The van der Waals surface area contributed by atoms with E-state index in [1.807, 2.05) is 0 Å². The van der Waals surface area contributed by atoms with E-state index in [4.69, 9.17) is 4.74 Å². The van der Waals surface area contributed by atoms with Crippen molar-refractivity contribution < 1.29 is 29.3 Å². The fraction of sp³-hybridized carbons (Fsp3) is 0.438. The number of hydrogen-bond acceptors (Lipinski definition) is 5. The first-order chi connectivity index (χ1) is 10.5. The van der Waals surface area contributed by atoms with Crippen LogP contribution in [-0.4, -0.2) is 33.7 Å². The second kappa shape index (κ2) is 5.57. The Morgan fingerprint density at radius 2 is 1.87 bits per heavy atom. The number of carboxylic acid groups (broad SMARTS) is 1. The number of nitrogens with one attached hydrogen (secondary N) is 1. The van der Waals surface area contributed by atoms with Crippen LogP contribution >= 0.6 is 0 Å². The third-order valence-corrected chi connectivity index (χ3v) is 3.56. The Labute approximate surface area is 133 Å². The van der Waals surface area contributed by atoms with Crippen molar-refractivity contribution in [1.29, 1.82) is 0 Å². The molecule has 124 valence electrons. The predicted octanol–water partition coefficient (Wildman–Crippen LogP) is 2.42. The number of carboxylic acids is 1. The molecule has 0 bridgehead atoms. The Kier molecular flexibility index (Phi) is 4.07. The monoisotopic (exact) mass is 321 g/mol. The largest absolute Gasteiger partial charge is 0.508 e. The number of anilines is 1. The van der Waals surface area contributed by atoms with Gasteiger partial charge in [-0.05, 0) is 39.0 Å². The highest BCUT2D eigenvalue weighted by Gasteiger charge is 2.53. The molecule has 0 atom stereocenters. The molecule has 3 N–H and O–H groups in total. The zero-order valence-corrected chi connectivity index (χ0v) is 13.2. The van der Waals surface area contributed by atoms with Crippen molar-refractivity contribution in [2.45, 2.75) is 44.6 Å². The van der Waals surface area contributed by atoms with Crippen molar-refractivity contribution in [3.63, 3.8) is 0 Å². The lowest BCUT2D eigenvalue weighted by molar-refractivity contribution is -0.153. The van der Waals surface area contributed by atoms with Crippen LogP contribution in [0.3, 0.4) is 0 Å². The normalized spacial score (nSPS) is 16.4. The summed E-state index contributed by atoms with van der Waals surface area (Å²) in [5.41, 5.74) is -1.72. The molecule has 1 aliphatic rings. The lowest BCUT2D eigenvalue weighted by Crippen LogP contribution is -2.48. The summed E-state index contributed by atoms with van der Waals surface area (Å²) in [6.45, 7) is 5.15. The zero-order valence-electron chi connectivity index (χ0n) is 13.2. The number of carbonyl (C=O) groups excluding carboxylic acids is 2. The van der Waals surface area contributed by atoms with Gasteiger partial charge in [-0.25, -0.2) is 4.79 Å². The molecule has 0 radical (unpaired) electrons.